The van der Waals surface area contributed by atoms with Crippen molar-refractivity contribution in [3.05, 3.63) is 35.4 Å². The van der Waals surface area contributed by atoms with Gasteiger partial charge >= 0.3 is 0 Å². The van der Waals surface area contributed by atoms with Crippen LogP contribution in [0.1, 0.15) is 75.8 Å². The molecule has 134 valence electrons. The maximum Gasteiger partial charge on any atom is 0.106 e. The molecule has 2 rings (SSSR count). The zero-order valence-electron chi connectivity index (χ0n) is 15.3. The number of thiocarbonyl (C=S) groups is 1. The van der Waals surface area contributed by atoms with Crippen LogP contribution in [0.2, 0.25) is 0 Å². The van der Waals surface area contributed by atoms with Crippen molar-refractivity contribution in [2.75, 3.05) is 13.1 Å². The number of unbranched alkanes of at least 4 members (excludes halogenated alkanes) is 7. The molecular formula is C21H34N2S. The summed E-state index contributed by atoms with van der Waals surface area (Å²) >= 11 is 5.53. The molecule has 0 spiro atoms. The van der Waals surface area contributed by atoms with Gasteiger partial charge in [-0.1, -0.05) is 88.4 Å². The largest absolute Gasteiger partial charge is 0.372 e. The second-order valence-electron chi connectivity index (χ2n) is 7.08. The maximum atomic E-state index is 5.53. The summed E-state index contributed by atoms with van der Waals surface area (Å²) in [6.45, 7) is 4.40. The predicted octanol–water partition coefficient (Wildman–Crippen LogP) is 5.00. The van der Waals surface area contributed by atoms with E-state index in [1.54, 1.807) is 0 Å². The van der Waals surface area contributed by atoms with Gasteiger partial charge in [-0.05, 0) is 31.4 Å². The summed E-state index contributed by atoms with van der Waals surface area (Å²) < 4.78 is 0. The summed E-state index contributed by atoms with van der Waals surface area (Å²) in [6, 6.07) is 9.35. The predicted molar refractivity (Wildman–Crippen MR) is 109 cm³/mol. The molecule has 0 radical (unpaired) electrons. The van der Waals surface area contributed by atoms with Gasteiger partial charge in [-0.2, -0.15) is 0 Å². The van der Waals surface area contributed by atoms with Crippen LogP contribution in [0, 0.1) is 0 Å². The first kappa shape index (κ1) is 19.4. The van der Waals surface area contributed by atoms with Crippen molar-refractivity contribution in [2.24, 2.45) is 0 Å². The summed E-state index contributed by atoms with van der Waals surface area (Å²) in [7, 11) is 0. The molecule has 1 heterocycles. The molecule has 1 saturated heterocycles. The van der Waals surface area contributed by atoms with Crippen LogP contribution in [0.5, 0.6) is 0 Å². The third kappa shape index (κ3) is 7.31. The van der Waals surface area contributed by atoms with Crippen LogP contribution in [0.15, 0.2) is 24.3 Å². The van der Waals surface area contributed by atoms with E-state index in [1.807, 2.05) is 0 Å². The summed E-state index contributed by atoms with van der Waals surface area (Å²) in [5.41, 5.74) is 2.59. The Labute approximate surface area is 153 Å². The van der Waals surface area contributed by atoms with Crippen LogP contribution in [0.3, 0.4) is 0 Å². The van der Waals surface area contributed by atoms with Gasteiger partial charge in [0.05, 0.1) is 0 Å². The second-order valence-corrected chi connectivity index (χ2v) is 7.49. The van der Waals surface area contributed by atoms with E-state index in [9.17, 15) is 0 Å². The highest BCUT2D eigenvalue weighted by Crippen LogP contribution is 2.13. The van der Waals surface area contributed by atoms with Crippen molar-refractivity contribution >= 4 is 17.2 Å². The van der Waals surface area contributed by atoms with Crippen molar-refractivity contribution in [3.63, 3.8) is 0 Å². The maximum absolute atomic E-state index is 5.53. The van der Waals surface area contributed by atoms with Gasteiger partial charge in [0.25, 0.3) is 0 Å². The third-order valence-corrected chi connectivity index (χ3v) is 5.28. The topological polar surface area (TPSA) is 24.1 Å². The Morgan fingerprint density at radius 2 is 1.71 bits per heavy atom. The van der Waals surface area contributed by atoms with Crippen molar-refractivity contribution < 1.29 is 0 Å². The second kappa shape index (κ2) is 11.6. The number of hydrogen-bond acceptors (Lipinski definition) is 2. The molecule has 0 amide bonds. The minimum Gasteiger partial charge on any atom is -0.372 e. The first-order valence-corrected chi connectivity index (χ1v) is 10.3. The highest BCUT2D eigenvalue weighted by Gasteiger charge is 2.15. The van der Waals surface area contributed by atoms with Gasteiger partial charge < -0.3 is 10.6 Å². The molecule has 1 aliphatic heterocycles. The zero-order valence-corrected chi connectivity index (χ0v) is 16.1. The molecule has 1 fully saturated rings. The molecule has 24 heavy (non-hydrogen) atoms. The normalized spacial score (nSPS) is 17.1. The Morgan fingerprint density at radius 1 is 1.04 bits per heavy atom. The molecule has 1 aromatic rings. The van der Waals surface area contributed by atoms with Crippen molar-refractivity contribution in [3.8, 4) is 0 Å². The van der Waals surface area contributed by atoms with E-state index < -0.39 is 0 Å². The van der Waals surface area contributed by atoms with E-state index in [4.69, 9.17) is 12.2 Å². The smallest absolute Gasteiger partial charge is 0.106 e. The molecule has 0 aliphatic carbocycles. The molecule has 2 N–H and O–H groups in total. The Hall–Kier alpha value is -0.930. The van der Waals surface area contributed by atoms with Gasteiger partial charge in [0.15, 0.2) is 0 Å². The number of nitrogens with one attached hydrogen (secondary N) is 2. The van der Waals surface area contributed by atoms with Gasteiger partial charge in [-0.3, -0.25) is 0 Å². The fourth-order valence-corrected chi connectivity index (χ4v) is 3.64. The number of aryl methyl sites for hydroxylation is 1. The lowest BCUT2D eigenvalue weighted by Gasteiger charge is -2.14. The summed E-state index contributed by atoms with van der Waals surface area (Å²) in [4.78, 5) is 0.891. The fourth-order valence-electron chi connectivity index (χ4n) is 3.33. The zero-order chi connectivity index (χ0) is 17.0. The fraction of sp³-hybridized carbons (Fsp3) is 0.667. The van der Waals surface area contributed by atoms with Crippen LogP contribution in [0.25, 0.3) is 0 Å². The van der Waals surface area contributed by atoms with E-state index in [0.717, 1.165) is 30.1 Å². The molecule has 1 aliphatic rings. The van der Waals surface area contributed by atoms with Gasteiger partial charge in [-0.25, -0.2) is 0 Å². The first-order chi connectivity index (χ1) is 11.8. The van der Waals surface area contributed by atoms with Crippen molar-refractivity contribution in [1.29, 1.82) is 0 Å². The summed E-state index contributed by atoms with van der Waals surface area (Å²) in [6.07, 6.45) is 13.4. The number of rotatable bonds is 11. The highest BCUT2D eigenvalue weighted by atomic mass is 32.1. The van der Waals surface area contributed by atoms with Gasteiger partial charge in [0.1, 0.15) is 4.99 Å². The van der Waals surface area contributed by atoms with E-state index in [2.05, 4.69) is 41.8 Å². The van der Waals surface area contributed by atoms with E-state index in [1.165, 1.54) is 63.4 Å². The Bertz CT molecular complexity index is 463. The Balaban J connectivity index is 1.60. The number of benzene rings is 1. The SMILES string of the molecule is CCCCCCCCCCc1ccc(C(=S)N[C@@H]2CCNC2)cc1. The van der Waals surface area contributed by atoms with Crippen LogP contribution in [-0.4, -0.2) is 24.1 Å². The van der Waals surface area contributed by atoms with Crippen LogP contribution in [-0.2, 0) is 6.42 Å². The van der Waals surface area contributed by atoms with Crippen molar-refractivity contribution in [1.82, 2.24) is 10.6 Å². The molecule has 3 heteroatoms. The molecule has 1 atom stereocenters. The summed E-state index contributed by atoms with van der Waals surface area (Å²) in [5, 5.41) is 6.83. The van der Waals surface area contributed by atoms with Crippen LogP contribution in [0.4, 0.5) is 0 Å². The monoisotopic (exact) mass is 346 g/mol. The minimum absolute atomic E-state index is 0.495. The molecule has 0 aromatic heterocycles. The van der Waals surface area contributed by atoms with Crippen molar-refractivity contribution in [2.45, 2.75) is 77.2 Å². The van der Waals surface area contributed by atoms with Crippen LogP contribution < -0.4 is 10.6 Å². The lowest BCUT2D eigenvalue weighted by Crippen LogP contribution is -2.35. The van der Waals surface area contributed by atoms with Crippen LogP contribution >= 0.6 is 12.2 Å². The summed E-state index contributed by atoms with van der Waals surface area (Å²) in [5.74, 6) is 0. The molecule has 2 nitrogen and oxygen atoms in total. The lowest BCUT2D eigenvalue weighted by atomic mass is 10.0. The minimum atomic E-state index is 0.495. The molecule has 0 unspecified atom stereocenters. The van der Waals surface area contributed by atoms with E-state index in [0.29, 0.717) is 6.04 Å². The molecule has 1 aromatic carbocycles. The Morgan fingerprint density at radius 3 is 2.33 bits per heavy atom. The first-order valence-electron chi connectivity index (χ1n) is 9.90. The van der Waals surface area contributed by atoms with E-state index >= 15 is 0 Å². The van der Waals surface area contributed by atoms with Gasteiger partial charge in [0, 0.05) is 18.2 Å². The van der Waals surface area contributed by atoms with E-state index in [-0.39, 0.29) is 0 Å². The average Bonchev–Trinajstić information content (AvgIpc) is 3.11. The molecule has 0 saturated carbocycles. The average molecular weight is 347 g/mol. The highest BCUT2D eigenvalue weighted by molar-refractivity contribution is 7.80. The lowest BCUT2D eigenvalue weighted by molar-refractivity contribution is 0.575. The van der Waals surface area contributed by atoms with Gasteiger partial charge in [-0.15, -0.1) is 0 Å². The Kier molecular flexibility index (Phi) is 9.37. The molecule has 0 bridgehead atoms. The number of hydrogen-bond donors (Lipinski definition) is 2. The molecular weight excluding hydrogens is 312 g/mol. The third-order valence-electron chi connectivity index (χ3n) is 4.93. The quantitative estimate of drug-likeness (QED) is 0.436. The standard InChI is InChI=1S/C21H34N2S/c1-2-3-4-5-6-7-8-9-10-18-11-13-19(14-12-18)21(24)23-20-15-16-22-17-20/h11-14,20,22H,2-10,15-17H2,1H3,(H,23,24)/t20-/m1/s1. The van der Waals surface area contributed by atoms with Gasteiger partial charge in [0.2, 0.25) is 0 Å².